The molecule has 2 heterocycles. The lowest BCUT2D eigenvalue weighted by Crippen LogP contribution is -2.46. The van der Waals surface area contributed by atoms with Crippen molar-refractivity contribution in [1.29, 1.82) is 0 Å². The third-order valence-corrected chi connectivity index (χ3v) is 8.65. The van der Waals surface area contributed by atoms with Gasteiger partial charge in [0.05, 0.1) is 11.6 Å². The molecule has 6 rings (SSSR count). The third-order valence-electron chi connectivity index (χ3n) is 8.65. The Balaban J connectivity index is 1.63. The first-order chi connectivity index (χ1) is 16.7. The first kappa shape index (κ1) is 21.7. The minimum Gasteiger partial charge on any atom is -0.455 e. The molecule has 35 heavy (non-hydrogen) atoms. The van der Waals surface area contributed by atoms with Gasteiger partial charge in [-0.3, -0.25) is 4.99 Å². The van der Waals surface area contributed by atoms with Gasteiger partial charge in [-0.2, -0.15) is 0 Å². The number of benzene rings is 4. The molecule has 0 amide bonds. The largest absolute Gasteiger partial charge is 0.455 e. The van der Waals surface area contributed by atoms with Crippen LogP contribution in [0, 0.1) is 5.41 Å². The normalized spacial score (nSPS) is 17.9. The molecular weight excluding hydrogens is 428 g/mol. The van der Waals surface area contributed by atoms with Gasteiger partial charge < -0.3 is 9.32 Å². The highest BCUT2D eigenvalue weighted by atomic mass is 16.3. The van der Waals surface area contributed by atoms with Crippen LogP contribution in [0.5, 0.6) is 0 Å². The molecule has 0 N–H and O–H groups in total. The van der Waals surface area contributed by atoms with Crippen LogP contribution in [0.1, 0.15) is 37.9 Å². The van der Waals surface area contributed by atoms with Gasteiger partial charge in [-0.25, -0.2) is 0 Å². The zero-order valence-electron chi connectivity index (χ0n) is 20.9. The smallest absolute Gasteiger partial charge is 0.145 e. The number of hydrogen-bond acceptors (Lipinski definition) is 3. The van der Waals surface area contributed by atoms with Crippen LogP contribution in [0.15, 0.2) is 89.3 Å². The van der Waals surface area contributed by atoms with Crippen molar-refractivity contribution in [2.45, 2.75) is 32.4 Å². The first-order valence-electron chi connectivity index (χ1n) is 12.1. The summed E-state index contributed by atoms with van der Waals surface area (Å²) in [6.07, 6.45) is 1.91. The van der Waals surface area contributed by atoms with E-state index in [0.29, 0.717) is 0 Å². The summed E-state index contributed by atoms with van der Waals surface area (Å²) in [6, 6.07) is 21.8. The Morgan fingerprint density at radius 1 is 0.914 bits per heavy atom. The molecule has 1 aliphatic heterocycles. The van der Waals surface area contributed by atoms with Gasteiger partial charge in [-0.1, -0.05) is 75.0 Å². The van der Waals surface area contributed by atoms with Crippen LogP contribution in [0.2, 0.25) is 0 Å². The molecular formula is C32H30N2O. The second kappa shape index (κ2) is 7.08. The zero-order chi connectivity index (χ0) is 24.7. The fraction of sp³-hybridized carbons (Fsp3) is 0.219. The van der Waals surface area contributed by atoms with Crippen LogP contribution in [0.4, 0.5) is 0 Å². The van der Waals surface area contributed by atoms with E-state index < -0.39 is 5.54 Å². The van der Waals surface area contributed by atoms with Gasteiger partial charge in [0.2, 0.25) is 0 Å². The highest BCUT2D eigenvalue weighted by molar-refractivity contribution is 6.17. The molecule has 0 spiro atoms. The van der Waals surface area contributed by atoms with Crippen molar-refractivity contribution >= 4 is 55.9 Å². The van der Waals surface area contributed by atoms with E-state index in [4.69, 9.17) is 4.42 Å². The second-order valence-corrected chi connectivity index (χ2v) is 10.6. The Morgan fingerprint density at radius 3 is 2.40 bits per heavy atom. The summed E-state index contributed by atoms with van der Waals surface area (Å²) >= 11 is 0. The molecule has 0 saturated carbocycles. The standard InChI is InChI=1S/C32H30N2O/c1-8-32(5,33-6)31(3,4)30-24-16-15-23-26-17-21-14-13-20-11-9-10-12-22(20)25(21)18-27(26)35-29(23)28(24)19(2)34(30)7/h8-18,30H,1-2,6H2,3-5,7H3. The fourth-order valence-electron chi connectivity index (χ4n) is 6.10. The molecule has 5 aromatic rings. The molecule has 0 fully saturated rings. The van der Waals surface area contributed by atoms with Gasteiger partial charge in [0.15, 0.2) is 0 Å². The van der Waals surface area contributed by atoms with E-state index in [-0.39, 0.29) is 11.5 Å². The Bertz CT molecular complexity index is 1710. The summed E-state index contributed by atoms with van der Waals surface area (Å²) in [5.74, 6) is 0. The maximum atomic E-state index is 6.63. The number of aliphatic imine (C=N–C) groups is 1. The summed E-state index contributed by atoms with van der Waals surface area (Å²) in [5.41, 5.74) is 4.28. The van der Waals surface area contributed by atoms with Crippen LogP contribution in [-0.4, -0.2) is 24.2 Å². The molecule has 0 aliphatic carbocycles. The minimum absolute atomic E-state index is 0.0547. The summed E-state index contributed by atoms with van der Waals surface area (Å²) < 4.78 is 6.63. The number of rotatable bonds is 4. The Hall–Kier alpha value is -3.85. The molecule has 3 nitrogen and oxygen atoms in total. The van der Waals surface area contributed by atoms with Crippen molar-refractivity contribution in [3.05, 3.63) is 91.0 Å². The number of furan rings is 1. The monoisotopic (exact) mass is 458 g/mol. The van der Waals surface area contributed by atoms with Gasteiger partial charge in [-0.15, -0.1) is 6.58 Å². The lowest BCUT2D eigenvalue weighted by Gasteiger charge is -2.46. The van der Waals surface area contributed by atoms with Crippen molar-refractivity contribution in [2.24, 2.45) is 10.4 Å². The Labute approximate surface area is 206 Å². The molecule has 0 bridgehead atoms. The van der Waals surface area contributed by atoms with Crippen molar-refractivity contribution in [1.82, 2.24) is 4.90 Å². The van der Waals surface area contributed by atoms with E-state index in [2.05, 4.69) is 118 Å². The van der Waals surface area contributed by atoms with Crippen molar-refractivity contribution in [3.63, 3.8) is 0 Å². The van der Waals surface area contributed by atoms with Crippen molar-refractivity contribution < 1.29 is 4.42 Å². The van der Waals surface area contributed by atoms with E-state index in [9.17, 15) is 0 Å². The molecule has 174 valence electrons. The topological polar surface area (TPSA) is 28.7 Å². The highest BCUT2D eigenvalue weighted by Gasteiger charge is 2.50. The van der Waals surface area contributed by atoms with E-state index in [0.717, 1.165) is 33.2 Å². The summed E-state index contributed by atoms with van der Waals surface area (Å²) in [5, 5.41) is 7.15. The molecule has 3 heteroatoms. The van der Waals surface area contributed by atoms with Gasteiger partial charge >= 0.3 is 0 Å². The highest BCUT2D eigenvalue weighted by Crippen LogP contribution is 2.56. The maximum Gasteiger partial charge on any atom is 0.145 e. The van der Waals surface area contributed by atoms with Crippen LogP contribution >= 0.6 is 0 Å². The summed E-state index contributed by atoms with van der Waals surface area (Å²) in [4.78, 5) is 6.75. The van der Waals surface area contributed by atoms with E-state index in [1.54, 1.807) is 0 Å². The Morgan fingerprint density at radius 2 is 1.66 bits per heavy atom. The average Bonchev–Trinajstić information content (AvgIpc) is 3.35. The molecule has 2 atom stereocenters. The predicted molar refractivity (Wildman–Crippen MR) is 150 cm³/mol. The SMILES string of the molecule is C=CC(C)(N=C)C(C)(C)C1c2ccc3c(oc4cc5c(ccc6ccccc65)cc43)c2C(=C)N1C. The van der Waals surface area contributed by atoms with Crippen LogP contribution in [0.25, 0.3) is 49.2 Å². The molecule has 1 aliphatic rings. The number of fused-ring (bicyclic) bond motifs is 8. The number of nitrogens with zero attached hydrogens (tertiary/aromatic N) is 2. The van der Waals surface area contributed by atoms with Gasteiger partial charge in [0.25, 0.3) is 0 Å². The third kappa shape index (κ3) is 2.70. The fourth-order valence-corrected chi connectivity index (χ4v) is 6.10. The van der Waals surface area contributed by atoms with Crippen molar-refractivity contribution in [2.75, 3.05) is 7.05 Å². The van der Waals surface area contributed by atoms with Crippen molar-refractivity contribution in [3.8, 4) is 0 Å². The predicted octanol–water partition coefficient (Wildman–Crippen LogP) is 8.52. The maximum absolute atomic E-state index is 6.63. The first-order valence-corrected chi connectivity index (χ1v) is 12.1. The lowest BCUT2D eigenvalue weighted by molar-refractivity contribution is 0.110. The summed E-state index contributed by atoms with van der Waals surface area (Å²) in [6.45, 7) is 19.0. The average molecular weight is 459 g/mol. The minimum atomic E-state index is -0.505. The van der Waals surface area contributed by atoms with E-state index in [1.165, 1.54) is 27.1 Å². The molecule has 4 aromatic carbocycles. The zero-order valence-corrected chi connectivity index (χ0v) is 20.9. The van der Waals surface area contributed by atoms with E-state index >= 15 is 0 Å². The van der Waals surface area contributed by atoms with E-state index in [1.807, 2.05) is 6.08 Å². The van der Waals surface area contributed by atoms with Crippen LogP contribution in [-0.2, 0) is 0 Å². The van der Waals surface area contributed by atoms with Gasteiger partial charge in [-0.05, 0) is 52.9 Å². The lowest BCUT2D eigenvalue weighted by atomic mass is 9.66. The molecule has 0 saturated heterocycles. The quantitative estimate of drug-likeness (QED) is 0.153. The van der Waals surface area contributed by atoms with Gasteiger partial charge in [0, 0.05) is 34.5 Å². The molecule has 2 unspecified atom stereocenters. The summed E-state index contributed by atoms with van der Waals surface area (Å²) in [7, 11) is 2.11. The number of hydrogen-bond donors (Lipinski definition) is 0. The second-order valence-electron chi connectivity index (χ2n) is 10.6. The molecule has 1 aromatic heterocycles. The van der Waals surface area contributed by atoms with Crippen LogP contribution in [0.3, 0.4) is 0 Å². The van der Waals surface area contributed by atoms with Gasteiger partial charge in [0.1, 0.15) is 11.2 Å². The van der Waals surface area contributed by atoms with Crippen LogP contribution < -0.4 is 0 Å². The Kier molecular flexibility index (Phi) is 4.38. The molecule has 0 radical (unpaired) electrons.